The third-order valence-electron chi connectivity index (χ3n) is 3.47. The molecule has 1 aromatic rings. The standard InChI is InChI=1S/C15H20N2O2/c1-4-15(3)9-14(17-19-15)13-7-5-6-12(8-13)10-16-11(2)18/h5-8H,4,9-10H2,1-3H3,(H,16,18). The number of nitrogens with one attached hydrogen (secondary N) is 1. The minimum Gasteiger partial charge on any atom is -0.389 e. The fourth-order valence-corrected chi connectivity index (χ4v) is 2.02. The van der Waals surface area contributed by atoms with Crippen LogP contribution in [0.1, 0.15) is 44.7 Å². The van der Waals surface area contributed by atoms with Crippen LogP contribution < -0.4 is 5.32 Å². The van der Waals surface area contributed by atoms with E-state index in [9.17, 15) is 4.79 Å². The fraction of sp³-hybridized carbons (Fsp3) is 0.467. The van der Waals surface area contributed by atoms with E-state index in [1.165, 1.54) is 6.92 Å². The molecule has 2 rings (SSSR count). The highest BCUT2D eigenvalue weighted by molar-refractivity contribution is 6.01. The molecule has 0 bridgehead atoms. The van der Waals surface area contributed by atoms with Gasteiger partial charge in [0.25, 0.3) is 0 Å². The van der Waals surface area contributed by atoms with Gasteiger partial charge in [0, 0.05) is 19.9 Å². The van der Waals surface area contributed by atoms with Gasteiger partial charge in [-0.3, -0.25) is 4.79 Å². The van der Waals surface area contributed by atoms with E-state index in [1.807, 2.05) is 18.2 Å². The van der Waals surface area contributed by atoms with Crippen LogP contribution in [0.5, 0.6) is 0 Å². The van der Waals surface area contributed by atoms with E-state index in [-0.39, 0.29) is 11.5 Å². The molecule has 1 heterocycles. The fourth-order valence-electron chi connectivity index (χ4n) is 2.02. The topological polar surface area (TPSA) is 50.7 Å². The summed E-state index contributed by atoms with van der Waals surface area (Å²) < 4.78 is 0. The van der Waals surface area contributed by atoms with E-state index in [2.05, 4.69) is 30.4 Å². The van der Waals surface area contributed by atoms with Crippen LogP contribution in [0.3, 0.4) is 0 Å². The average molecular weight is 260 g/mol. The summed E-state index contributed by atoms with van der Waals surface area (Å²) >= 11 is 0. The maximum Gasteiger partial charge on any atom is 0.217 e. The van der Waals surface area contributed by atoms with Crippen molar-refractivity contribution >= 4 is 11.6 Å². The van der Waals surface area contributed by atoms with Crippen molar-refractivity contribution in [3.63, 3.8) is 0 Å². The quantitative estimate of drug-likeness (QED) is 0.904. The minimum absolute atomic E-state index is 0.0227. The van der Waals surface area contributed by atoms with Crippen LogP contribution in [0, 0.1) is 0 Å². The number of carbonyl (C=O) groups excluding carboxylic acids is 1. The van der Waals surface area contributed by atoms with E-state index in [0.717, 1.165) is 29.7 Å². The van der Waals surface area contributed by atoms with Crippen LogP contribution in [0.4, 0.5) is 0 Å². The van der Waals surface area contributed by atoms with Gasteiger partial charge in [0.1, 0.15) is 5.60 Å². The molecule has 0 radical (unpaired) electrons. The average Bonchev–Trinajstić information content (AvgIpc) is 2.80. The Bertz CT molecular complexity index is 511. The van der Waals surface area contributed by atoms with Gasteiger partial charge in [-0.25, -0.2) is 0 Å². The largest absolute Gasteiger partial charge is 0.389 e. The zero-order valence-electron chi connectivity index (χ0n) is 11.7. The molecule has 1 aliphatic rings. The first-order chi connectivity index (χ1) is 9.02. The first-order valence-electron chi connectivity index (χ1n) is 6.61. The maximum atomic E-state index is 10.9. The molecule has 0 aliphatic carbocycles. The van der Waals surface area contributed by atoms with Gasteiger partial charge in [-0.2, -0.15) is 0 Å². The third-order valence-corrected chi connectivity index (χ3v) is 3.47. The summed E-state index contributed by atoms with van der Waals surface area (Å²) in [5.74, 6) is -0.0227. The van der Waals surface area contributed by atoms with Crippen LogP contribution in [0.25, 0.3) is 0 Å². The lowest BCUT2D eigenvalue weighted by Gasteiger charge is -2.18. The lowest BCUT2D eigenvalue weighted by atomic mass is 9.93. The van der Waals surface area contributed by atoms with Crippen molar-refractivity contribution in [2.24, 2.45) is 5.16 Å². The molecule has 1 N–H and O–H groups in total. The van der Waals surface area contributed by atoms with Crippen molar-refractivity contribution in [1.82, 2.24) is 5.32 Å². The monoisotopic (exact) mass is 260 g/mol. The molecule has 1 atom stereocenters. The van der Waals surface area contributed by atoms with Gasteiger partial charge < -0.3 is 10.2 Å². The molecule has 0 saturated carbocycles. The minimum atomic E-state index is -0.178. The first kappa shape index (κ1) is 13.6. The molecule has 102 valence electrons. The molecule has 1 amide bonds. The highest BCUT2D eigenvalue weighted by Gasteiger charge is 2.32. The Balaban J connectivity index is 2.10. The molecule has 1 aromatic carbocycles. The van der Waals surface area contributed by atoms with Crippen LogP contribution >= 0.6 is 0 Å². The number of amides is 1. The van der Waals surface area contributed by atoms with E-state index < -0.39 is 0 Å². The summed E-state index contributed by atoms with van der Waals surface area (Å²) in [5.41, 5.74) is 2.94. The van der Waals surface area contributed by atoms with Crippen molar-refractivity contribution < 1.29 is 9.63 Å². The summed E-state index contributed by atoms with van der Waals surface area (Å²) in [7, 11) is 0. The lowest BCUT2D eigenvalue weighted by Crippen LogP contribution is -2.23. The summed E-state index contributed by atoms with van der Waals surface area (Å²) in [6.45, 7) is 6.24. The molecule has 4 heteroatoms. The Morgan fingerprint density at radius 2 is 2.32 bits per heavy atom. The maximum absolute atomic E-state index is 10.9. The molecule has 0 saturated heterocycles. The molecule has 4 nitrogen and oxygen atoms in total. The predicted molar refractivity (Wildman–Crippen MR) is 74.9 cm³/mol. The van der Waals surface area contributed by atoms with Crippen molar-refractivity contribution in [3.8, 4) is 0 Å². The zero-order valence-corrected chi connectivity index (χ0v) is 11.7. The van der Waals surface area contributed by atoms with Gasteiger partial charge >= 0.3 is 0 Å². The molecule has 1 unspecified atom stereocenters. The van der Waals surface area contributed by atoms with Crippen molar-refractivity contribution in [2.45, 2.75) is 45.8 Å². The number of carbonyl (C=O) groups is 1. The number of hydrogen-bond acceptors (Lipinski definition) is 3. The number of oxime groups is 1. The van der Waals surface area contributed by atoms with Gasteiger partial charge in [-0.1, -0.05) is 30.3 Å². The lowest BCUT2D eigenvalue weighted by molar-refractivity contribution is -0.119. The summed E-state index contributed by atoms with van der Waals surface area (Å²) in [6, 6.07) is 8.06. The highest BCUT2D eigenvalue weighted by atomic mass is 16.7. The number of benzene rings is 1. The van der Waals surface area contributed by atoms with Crippen LogP contribution in [0.15, 0.2) is 29.4 Å². The predicted octanol–water partition coefficient (Wildman–Crippen LogP) is 2.62. The SMILES string of the molecule is CCC1(C)CC(c2cccc(CNC(C)=O)c2)=NO1. The van der Waals surface area contributed by atoms with Gasteiger partial charge in [0.05, 0.1) is 5.71 Å². The summed E-state index contributed by atoms with van der Waals surface area (Å²) in [4.78, 5) is 16.4. The Kier molecular flexibility index (Phi) is 3.88. The molecular formula is C15H20N2O2. The number of nitrogens with zero attached hydrogens (tertiary/aromatic N) is 1. The molecule has 0 aromatic heterocycles. The molecule has 1 aliphatic heterocycles. The van der Waals surface area contributed by atoms with Crippen LogP contribution in [-0.4, -0.2) is 17.2 Å². The van der Waals surface area contributed by atoms with Gasteiger partial charge in [0.15, 0.2) is 0 Å². The van der Waals surface area contributed by atoms with Crippen molar-refractivity contribution in [2.75, 3.05) is 0 Å². The normalized spacial score (nSPS) is 21.7. The molecule has 19 heavy (non-hydrogen) atoms. The number of rotatable bonds is 4. The third kappa shape index (κ3) is 3.34. The van der Waals surface area contributed by atoms with Gasteiger partial charge in [-0.05, 0) is 30.5 Å². The number of hydrogen-bond donors (Lipinski definition) is 1. The molecular weight excluding hydrogens is 240 g/mol. The Morgan fingerprint density at radius 3 is 2.95 bits per heavy atom. The molecule has 0 spiro atoms. The van der Waals surface area contributed by atoms with E-state index >= 15 is 0 Å². The van der Waals surface area contributed by atoms with Gasteiger partial charge in [0.2, 0.25) is 5.91 Å². The van der Waals surface area contributed by atoms with Gasteiger partial charge in [-0.15, -0.1) is 0 Å². The highest BCUT2D eigenvalue weighted by Crippen LogP contribution is 2.29. The van der Waals surface area contributed by atoms with Crippen molar-refractivity contribution in [3.05, 3.63) is 35.4 Å². The Labute approximate surface area is 113 Å². The second-order valence-electron chi connectivity index (χ2n) is 5.22. The van der Waals surface area contributed by atoms with E-state index in [4.69, 9.17) is 4.84 Å². The second kappa shape index (κ2) is 5.43. The van der Waals surface area contributed by atoms with E-state index in [0.29, 0.717) is 6.54 Å². The van der Waals surface area contributed by atoms with Crippen LogP contribution in [0.2, 0.25) is 0 Å². The Morgan fingerprint density at radius 1 is 1.53 bits per heavy atom. The Hall–Kier alpha value is -1.84. The van der Waals surface area contributed by atoms with Crippen LogP contribution in [-0.2, 0) is 16.2 Å². The summed E-state index contributed by atoms with van der Waals surface area (Å²) in [6.07, 6.45) is 1.76. The second-order valence-corrected chi connectivity index (χ2v) is 5.22. The smallest absolute Gasteiger partial charge is 0.217 e. The molecule has 0 fully saturated rings. The zero-order chi connectivity index (χ0) is 13.9. The first-order valence-corrected chi connectivity index (χ1v) is 6.61. The van der Waals surface area contributed by atoms with E-state index in [1.54, 1.807) is 0 Å². The summed E-state index contributed by atoms with van der Waals surface area (Å²) in [5, 5.41) is 6.99. The van der Waals surface area contributed by atoms with Crippen molar-refractivity contribution in [1.29, 1.82) is 0 Å².